The van der Waals surface area contributed by atoms with Gasteiger partial charge in [-0.1, -0.05) is 36.4 Å². The summed E-state index contributed by atoms with van der Waals surface area (Å²) < 4.78 is 15.9. The summed E-state index contributed by atoms with van der Waals surface area (Å²) in [5, 5.41) is 2.84. The van der Waals surface area contributed by atoms with Crippen molar-refractivity contribution < 1.29 is 23.8 Å². The van der Waals surface area contributed by atoms with Crippen molar-refractivity contribution in [3.63, 3.8) is 0 Å². The first-order valence-electron chi connectivity index (χ1n) is 9.00. The Morgan fingerprint density at radius 2 is 1.85 bits per heavy atom. The number of nitrogens with one attached hydrogen (secondary N) is 1. The van der Waals surface area contributed by atoms with E-state index in [2.05, 4.69) is 5.32 Å². The largest absolute Gasteiger partial charge is 0.455 e. The van der Waals surface area contributed by atoms with E-state index in [0.29, 0.717) is 11.5 Å². The Bertz CT molecular complexity index is 860. The van der Waals surface area contributed by atoms with Gasteiger partial charge in [-0.2, -0.15) is 0 Å². The van der Waals surface area contributed by atoms with Gasteiger partial charge in [0.25, 0.3) is 5.91 Å². The van der Waals surface area contributed by atoms with Crippen LogP contribution in [0.5, 0.6) is 11.5 Å². The van der Waals surface area contributed by atoms with E-state index >= 15 is 0 Å². The third-order valence-electron chi connectivity index (χ3n) is 5.08. The molecule has 140 valence electrons. The van der Waals surface area contributed by atoms with Crippen LogP contribution < -0.4 is 14.8 Å². The van der Waals surface area contributed by atoms with Crippen molar-refractivity contribution in [3.05, 3.63) is 59.7 Å². The average Bonchev–Trinajstić information content (AvgIpc) is 3.37. The number of fused-ring (bicyclic) bond motifs is 1. The van der Waals surface area contributed by atoms with Crippen LogP contribution in [0.25, 0.3) is 0 Å². The maximum absolute atomic E-state index is 12.5. The summed E-state index contributed by atoms with van der Waals surface area (Å²) in [4.78, 5) is 24.7. The normalized spacial score (nSPS) is 17.1. The van der Waals surface area contributed by atoms with Gasteiger partial charge in [-0.05, 0) is 43.0 Å². The molecular weight excluding hydrogens is 346 g/mol. The molecule has 2 aromatic rings. The molecule has 1 N–H and O–H groups in total. The smallest absolute Gasteiger partial charge is 0.317 e. The third kappa shape index (κ3) is 3.47. The zero-order valence-electron chi connectivity index (χ0n) is 15.1. The van der Waals surface area contributed by atoms with Crippen molar-refractivity contribution in [2.75, 3.05) is 13.4 Å². The number of ether oxygens (including phenoxy) is 3. The summed E-state index contributed by atoms with van der Waals surface area (Å²) in [5.74, 6) is 0.692. The predicted molar refractivity (Wildman–Crippen MR) is 97.4 cm³/mol. The molecule has 0 aromatic heterocycles. The maximum Gasteiger partial charge on any atom is 0.317 e. The fraction of sp³-hybridized carbons (Fsp3) is 0.333. The number of hydrogen-bond donors (Lipinski definition) is 1. The van der Waals surface area contributed by atoms with Crippen molar-refractivity contribution >= 4 is 11.9 Å². The average molecular weight is 367 g/mol. The lowest BCUT2D eigenvalue weighted by Crippen LogP contribution is -2.33. The van der Waals surface area contributed by atoms with Crippen LogP contribution in [0, 0.1) is 0 Å². The summed E-state index contributed by atoms with van der Waals surface area (Å²) in [6.45, 7) is 1.78. The minimum absolute atomic E-state index is 0.207. The number of hydrogen-bond acceptors (Lipinski definition) is 5. The first kappa shape index (κ1) is 17.4. The molecule has 1 aliphatic heterocycles. The molecule has 4 rings (SSSR count). The van der Waals surface area contributed by atoms with Gasteiger partial charge in [-0.25, -0.2) is 0 Å². The fourth-order valence-electron chi connectivity index (χ4n) is 3.31. The third-order valence-corrected chi connectivity index (χ3v) is 5.08. The summed E-state index contributed by atoms with van der Waals surface area (Å²) in [5.41, 5.74) is 1.26. The Morgan fingerprint density at radius 3 is 2.59 bits per heavy atom. The molecule has 2 aromatic carbocycles. The van der Waals surface area contributed by atoms with Crippen LogP contribution in [-0.2, 0) is 19.7 Å². The second kappa shape index (κ2) is 6.95. The molecule has 0 bridgehead atoms. The first-order valence-corrected chi connectivity index (χ1v) is 9.00. The second-order valence-corrected chi connectivity index (χ2v) is 6.93. The maximum atomic E-state index is 12.5. The van der Waals surface area contributed by atoms with Crippen molar-refractivity contribution in [3.8, 4) is 11.5 Å². The molecule has 0 spiro atoms. The van der Waals surface area contributed by atoms with Gasteiger partial charge < -0.3 is 19.5 Å². The van der Waals surface area contributed by atoms with E-state index in [0.717, 1.165) is 24.0 Å². The highest BCUT2D eigenvalue weighted by Gasteiger charge is 2.52. The number of esters is 1. The number of amides is 1. The molecule has 2 aliphatic rings. The van der Waals surface area contributed by atoms with Gasteiger partial charge in [0, 0.05) is 0 Å². The number of carbonyl (C=O) groups excluding carboxylic acids is 2. The van der Waals surface area contributed by atoms with Gasteiger partial charge >= 0.3 is 5.97 Å². The Hall–Kier alpha value is -3.02. The number of carbonyl (C=O) groups is 2. The van der Waals surface area contributed by atoms with E-state index in [9.17, 15) is 9.59 Å². The molecule has 1 unspecified atom stereocenters. The Balaban J connectivity index is 1.31. The minimum Gasteiger partial charge on any atom is -0.455 e. The molecule has 27 heavy (non-hydrogen) atoms. The molecule has 1 aliphatic carbocycles. The molecule has 1 heterocycles. The van der Waals surface area contributed by atoms with Crippen molar-refractivity contribution in [1.82, 2.24) is 5.32 Å². The highest BCUT2D eigenvalue weighted by atomic mass is 16.7. The molecule has 0 saturated heterocycles. The summed E-state index contributed by atoms with van der Waals surface area (Å²) in [6, 6.07) is 14.9. The van der Waals surface area contributed by atoms with Gasteiger partial charge in [0.05, 0.1) is 11.5 Å². The lowest BCUT2D eigenvalue weighted by Gasteiger charge is -2.17. The van der Waals surface area contributed by atoms with Gasteiger partial charge in [0.2, 0.25) is 6.79 Å². The lowest BCUT2D eigenvalue weighted by molar-refractivity contribution is -0.151. The summed E-state index contributed by atoms with van der Waals surface area (Å²) >= 11 is 0. The monoisotopic (exact) mass is 367 g/mol. The van der Waals surface area contributed by atoms with Gasteiger partial charge in [-0.15, -0.1) is 0 Å². The zero-order chi connectivity index (χ0) is 18.9. The lowest BCUT2D eigenvalue weighted by atomic mass is 9.96. The van der Waals surface area contributed by atoms with E-state index in [1.54, 1.807) is 0 Å². The standard InChI is InChI=1S/C21H21NO5/c1-14(15-7-8-17-18(11-15)27-13-26-17)22-19(23)12-25-20(24)21(9-10-21)16-5-3-2-4-6-16/h2-8,11,14H,9-10,12-13H2,1H3,(H,22,23). The Labute approximate surface area is 157 Å². The predicted octanol–water partition coefficient (Wildman–Crippen LogP) is 2.87. The van der Waals surface area contributed by atoms with Crippen molar-refractivity contribution in [2.45, 2.75) is 31.2 Å². The SMILES string of the molecule is CC(NC(=O)COC(=O)C1(c2ccccc2)CC1)c1ccc2c(c1)OCO2. The van der Waals surface area contributed by atoms with E-state index in [1.807, 2.05) is 55.5 Å². The minimum atomic E-state index is -0.579. The van der Waals surface area contributed by atoms with Crippen LogP contribution in [0.3, 0.4) is 0 Å². The van der Waals surface area contributed by atoms with Crippen LogP contribution in [0.1, 0.15) is 36.9 Å². The summed E-state index contributed by atoms with van der Waals surface area (Å²) in [7, 11) is 0. The van der Waals surface area contributed by atoms with Crippen LogP contribution >= 0.6 is 0 Å². The van der Waals surface area contributed by atoms with Gasteiger partial charge in [0.1, 0.15) is 0 Å². The molecular formula is C21H21NO5. The first-order chi connectivity index (χ1) is 13.1. The molecule has 0 radical (unpaired) electrons. The van der Waals surface area contributed by atoms with Crippen LogP contribution in [-0.4, -0.2) is 25.3 Å². The van der Waals surface area contributed by atoms with Crippen LogP contribution in [0.2, 0.25) is 0 Å². The van der Waals surface area contributed by atoms with E-state index < -0.39 is 5.41 Å². The fourth-order valence-corrected chi connectivity index (χ4v) is 3.31. The summed E-state index contributed by atoms with van der Waals surface area (Å²) in [6.07, 6.45) is 1.51. The highest BCUT2D eigenvalue weighted by molar-refractivity contribution is 5.89. The molecule has 1 atom stereocenters. The van der Waals surface area contributed by atoms with E-state index in [4.69, 9.17) is 14.2 Å². The van der Waals surface area contributed by atoms with Crippen molar-refractivity contribution in [1.29, 1.82) is 0 Å². The topological polar surface area (TPSA) is 73.9 Å². The molecule has 1 amide bonds. The van der Waals surface area contributed by atoms with Crippen LogP contribution in [0.4, 0.5) is 0 Å². The number of rotatable bonds is 6. The Morgan fingerprint density at radius 1 is 1.11 bits per heavy atom. The number of benzene rings is 2. The van der Waals surface area contributed by atoms with E-state index in [-0.39, 0.29) is 31.3 Å². The molecule has 1 saturated carbocycles. The second-order valence-electron chi connectivity index (χ2n) is 6.93. The Kier molecular flexibility index (Phi) is 4.48. The highest BCUT2D eigenvalue weighted by Crippen LogP contribution is 2.49. The van der Waals surface area contributed by atoms with E-state index in [1.165, 1.54) is 0 Å². The van der Waals surface area contributed by atoms with Crippen molar-refractivity contribution in [2.24, 2.45) is 0 Å². The van der Waals surface area contributed by atoms with Gasteiger partial charge in [-0.3, -0.25) is 9.59 Å². The molecule has 6 heteroatoms. The molecule has 1 fully saturated rings. The zero-order valence-corrected chi connectivity index (χ0v) is 15.1. The van der Waals surface area contributed by atoms with Crippen LogP contribution in [0.15, 0.2) is 48.5 Å². The quantitative estimate of drug-likeness (QED) is 0.795. The van der Waals surface area contributed by atoms with Gasteiger partial charge in [0.15, 0.2) is 18.1 Å². The molecule has 6 nitrogen and oxygen atoms in total.